The molecule has 3 heterocycles. The molecule has 0 radical (unpaired) electrons. The van der Waals surface area contributed by atoms with Gasteiger partial charge in [0.1, 0.15) is 11.3 Å². The van der Waals surface area contributed by atoms with Gasteiger partial charge in [-0.25, -0.2) is 9.97 Å². The minimum Gasteiger partial charge on any atom is -0.382 e. The minimum atomic E-state index is 0.0336. The number of imidazole rings is 1. The number of aryl methyl sites for hydroxylation is 1. The number of nitrogen functional groups attached to an aromatic ring is 2. The van der Waals surface area contributed by atoms with Crippen LogP contribution in [0.15, 0.2) is 5.51 Å². The molecular formula is C14H20N8S. The molecule has 0 fully saturated rings. The van der Waals surface area contributed by atoms with Crippen molar-refractivity contribution in [3.05, 3.63) is 21.9 Å². The highest BCUT2D eigenvalue weighted by Gasteiger charge is 2.21. The van der Waals surface area contributed by atoms with Gasteiger partial charge in [0.15, 0.2) is 11.5 Å². The fraction of sp³-hybridized carbons (Fsp3) is 0.429. The van der Waals surface area contributed by atoms with Gasteiger partial charge < -0.3 is 21.8 Å². The quantitative estimate of drug-likeness (QED) is 0.560. The topological polar surface area (TPSA) is 131 Å². The van der Waals surface area contributed by atoms with E-state index in [2.05, 4.69) is 44.1 Å². The third-order valence-electron chi connectivity index (χ3n) is 3.70. The summed E-state index contributed by atoms with van der Waals surface area (Å²) >= 11 is 1.64. The highest BCUT2D eigenvalue weighted by molar-refractivity contribution is 7.09. The van der Waals surface area contributed by atoms with Gasteiger partial charge in [-0.2, -0.15) is 9.97 Å². The molecule has 3 rings (SSSR count). The van der Waals surface area contributed by atoms with Crippen LogP contribution in [0.2, 0.25) is 0 Å². The zero-order valence-electron chi connectivity index (χ0n) is 13.3. The predicted octanol–water partition coefficient (Wildman–Crippen LogP) is 1.77. The minimum absolute atomic E-state index is 0.0336. The Hall–Kier alpha value is -2.26. The van der Waals surface area contributed by atoms with E-state index < -0.39 is 0 Å². The van der Waals surface area contributed by atoms with Gasteiger partial charge in [0.05, 0.1) is 17.2 Å². The number of aromatic nitrogens is 5. The molecule has 23 heavy (non-hydrogen) atoms. The molecule has 9 heteroatoms. The number of nitrogens with two attached hydrogens (primary N) is 2. The van der Waals surface area contributed by atoms with Crippen molar-refractivity contribution in [2.24, 2.45) is 5.92 Å². The second kappa shape index (κ2) is 6.09. The maximum absolute atomic E-state index is 5.89. The van der Waals surface area contributed by atoms with E-state index in [1.807, 2.05) is 12.4 Å². The van der Waals surface area contributed by atoms with E-state index in [4.69, 9.17) is 11.5 Å². The summed E-state index contributed by atoms with van der Waals surface area (Å²) in [5, 5.41) is 3.53. The number of nitrogens with zero attached hydrogens (tertiary/aromatic N) is 4. The molecule has 0 saturated carbocycles. The van der Waals surface area contributed by atoms with Crippen LogP contribution in [0.3, 0.4) is 0 Å². The molecule has 1 atom stereocenters. The van der Waals surface area contributed by atoms with Crippen molar-refractivity contribution in [3.63, 3.8) is 0 Å². The first-order chi connectivity index (χ1) is 11.0. The largest absolute Gasteiger partial charge is 0.382 e. The lowest BCUT2D eigenvalue weighted by atomic mass is 10.0. The van der Waals surface area contributed by atoms with Crippen LogP contribution in [0.1, 0.15) is 36.3 Å². The van der Waals surface area contributed by atoms with E-state index in [1.54, 1.807) is 11.3 Å². The summed E-state index contributed by atoms with van der Waals surface area (Å²) < 4.78 is 0. The van der Waals surface area contributed by atoms with Gasteiger partial charge in [-0.1, -0.05) is 13.8 Å². The van der Waals surface area contributed by atoms with E-state index in [-0.39, 0.29) is 12.0 Å². The number of thiazole rings is 1. The van der Waals surface area contributed by atoms with E-state index in [9.17, 15) is 0 Å². The maximum atomic E-state index is 5.89. The standard InChI is InChI=1S/C14H20N8S/c1-6(2)9(17-4-8-7(3)18-5-23-8)12-19-10-11(15)20-14(16)22-13(10)21-12/h5-6,9,17H,4H2,1-3H3,(H5,15,16,19,20,21,22). The molecule has 0 saturated heterocycles. The summed E-state index contributed by atoms with van der Waals surface area (Å²) in [6.45, 7) is 7.01. The molecule has 0 amide bonds. The third kappa shape index (κ3) is 3.10. The van der Waals surface area contributed by atoms with Crippen LogP contribution in [0, 0.1) is 12.8 Å². The molecule has 122 valence electrons. The van der Waals surface area contributed by atoms with Gasteiger partial charge in [-0.3, -0.25) is 0 Å². The fourth-order valence-electron chi connectivity index (χ4n) is 2.45. The maximum Gasteiger partial charge on any atom is 0.224 e. The van der Waals surface area contributed by atoms with Crippen LogP contribution >= 0.6 is 11.3 Å². The average molecular weight is 332 g/mol. The summed E-state index contributed by atoms with van der Waals surface area (Å²) in [4.78, 5) is 21.4. The van der Waals surface area contributed by atoms with E-state index in [0.29, 0.717) is 22.9 Å². The Morgan fingerprint density at radius 2 is 2.04 bits per heavy atom. The third-order valence-corrected chi connectivity index (χ3v) is 4.64. The Labute approximate surface area is 137 Å². The van der Waals surface area contributed by atoms with Gasteiger partial charge in [0, 0.05) is 11.4 Å². The molecule has 0 aromatic carbocycles. The van der Waals surface area contributed by atoms with Crippen LogP contribution in [-0.4, -0.2) is 24.9 Å². The molecule has 1 unspecified atom stereocenters. The summed E-state index contributed by atoms with van der Waals surface area (Å²) in [6.07, 6.45) is 0. The van der Waals surface area contributed by atoms with Gasteiger partial charge in [0.25, 0.3) is 0 Å². The van der Waals surface area contributed by atoms with Crippen molar-refractivity contribution >= 4 is 34.3 Å². The first-order valence-electron chi connectivity index (χ1n) is 7.36. The first-order valence-corrected chi connectivity index (χ1v) is 8.24. The summed E-state index contributed by atoms with van der Waals surface area (Å²) in [5.41, 5.74) is 15.5. The Balaban J connectivity index is 1.89. The number of nitrogens with one attached hydrogen (secondary N) is 2. The highest BCUT2D eigenvalue weighted by atomic mass is 32.1. The number of rotatable bonds is 5. The predicted molar refractivity (Wildman–Crippen MR) is 91.8 cm³/mol. The van der Waals surface area contributed by atoms with Crippen molar-refractivity contribution in [1.29, 1.82) is 0 Å². The first kappa shape index (κ1) is 15.6. The summed E-state index contributed by atoms with van der Waals surface area (Å²) in [7, 11) is 0. The molecule has 0 spiro atoms. The number of fused-ring (bicyclic) bond motifs is 1. The lowest BCUT2D eigenvalue weighted by Crippen LogP contribution is -2.26. The van der Waals surface area contributed by atoms with Crippen molar-refractivity contribution in [1.82, 2.24) is 30.2 Å². The zero-order valence-corrected chi connectivity index (χ0v) is 14.1. The molecule has 0 bridgehead atoms. The summed E-state index contributed by atoms with van der Waals surface area (Å²) in [6, 6.07) is 0.0336. The SMILES string of the molecule is Cc1ncsc1CNC(c1nc2nc(N)nc(N)c2[nH]1)C(C)C. The zero-order chi connectivity index (χ0) is 16.6. The second-order valence-electron chi connectivity index (χ2n) is 5.75. The molecule has 0 aliphatic carbocycles. The van der Waals surface area contributed by atoms with Gasteiger partial charge in [-0.05, 0) is 12.8 Å². The average Bonchev–Trinajstić information content (AvgIpc) is 3.05. The Bertz CT molecular complexity index is 821. The monoisotopic (exact) mass is 332 g/mol. The smallest absolute Gasteiger partial charge is 0.224 e. The molecule has 6 N–H and O–H groups in total. The number of hydrogen-bond donors (Lipinski definition) is 4. The molecule has 3 aromatic heterocycles. The lowest BCUT2D eigenvalue weighted by Gasteiger charge is -2.20. The number of anilines is 2. The second-order valence-corrected chi connectivity index (χ2v) is 6.69. The van der Waals surface area contributed by atoms with Crippen LogP contribution in [0.4, 0.5) is 11.8 Å². The van der Waals surface area contributed by atoms with Crippen molar-refractivity contribution < 1.29 is 0 Å². The molecule has 3 aromatic rings. The normalized spacial score (nSPS) is 13.0. The van der Waals surface area contributed by atoms with Crippen molar-refractivity contribution in [2.75, 3.05) is 11.5 Å². The van der Waals surface area contributed by atoms with Gasteiger partial charge in [-0.15, -0.1) is 11.3 Å². The van der Waals surface area contributed by atoms with E-state index >= 15 is 0 Å². The Morgan fingerprint density at radius 3 is 2.70 bits per heavy atom. The highest BCUT2D eigenvalue weighted by Crippen LogP contribution is 2.25. The van der Waals surface area contributed by atoms with Gasteiger partial charge in [0.2, 0.25) is 5.95 Å². The van der Waals surface area contributed by atoms with Crippen LogP contribution < -0.4 is 16.8 Å². The van der Waals surface area contributed by atoms with Crippen LogP contribution in [0.25, 0.3) is 11.2 Å². The number of hydrogen-bond acceptors (Lipinski definition) is 8. The molecule has 0 aliphatic heterocycles. The number of aromatic amines is 1. The lowest BCUT2D eigenvalue weighted by molar-refractivity contribution is 0.397. The number of H-pyrrole nitrogens is 1. The molecule has 8 nitrogen and oxygen atoms in total. The Kier molecular flexibility index (Phi) is 4.14. The van der Waals surface area contributed by atoms with E-state index in [0.717, 1.165) is 18.1 Å². The van der Waals surface area contributed by atoms with Gasteiger partial charge >= 0.3 is 0 Å². The van der Waals surface area contributed by atoms with E-state index in [1.165, 1.54) is 4.88 Å². The van der Waals surface area contributed by atoms with Crippen molar-refractivity contribution in [2.45, 2.75) is 33.4 Å². The van der Waals surface area contributed by atoms with Crippen LogP contribution in [-0.2, 0) is 6.54 Å². The summed E-state index contributed by atoms with van der Waals surface area (Å²) in [5.74, 6) is 1.55. The molecular weight excluding hydrogens is 312 g/mol. The fourth-order valence-corrected chi connectivity index (χ4v) is 3.18. The molecule has 0 aliphatic rings. The van der Waals surface area contributed by atoms with Crippen molar-refractivity contribution in [3.8, 4) is 0 Å². The van der Waals surface area contributed by atoms with Crippen LogP contribution in [0.5, 0.6) is 0 Å². The Morgan fingerprint density at radius 1 is 1.26 bits per heavy atom.